The van der Waals surface area contributed by atoms with Crippen LogP contribution in [0.4, 0.5) is 5.13 Å². The first-order valence-electron chi connectivity index (χ1n) is 6.40. The SMILES string of the molecule is COCC(N)C(=O)N1CCCN(c2nccs2)CC1. The van der Waals surface area contributed by atoms with Crippen molar-refractivity contribution in [1.29, 1.82) is 0 Å². The molecule has 0 saturated carbocycles. The van der Waals surface area contributed by atoms with Crippen molar-refractivity contribution in [3.63, 3.8) is 0 Å². The lowest BCUT2D eigenvalue weighted by Gasteiger charge is -2.24. The number of anilines is 1. The number of rotatable bonds is 4. The molecule has 0 bridgehead atoms. The normalized spacial score (nSPS) is 18.2. The minimum Gasteiger partial charge on any atom is -0.383 e. The molecule has 1 aliphatic rings. The number of carbonyl (C=O) groups excluding carboxylic acids is 1. The average molecular weight is 284 g/mol. The maximum Gasteiger partial charge on any atom is 0.241 e. The molecule has 1 atom stereocenters. The lowest BCUT2D eigenvalue weighted by atomic mass is 10.2. The first-order chi connectivity index (χ1) is 9.22. The number of hydrogen-bond acceptors (Lipinski definition) is 6. The summed E-state index contributed by atoms with van der Waals surface area (Å²) < 4.78 is 4.94. The molecule has 2 heterocycles. The molecule has 1 saturated heterocycles. The van der Waals surface area contributed by atoms with Gasteiger partial charge in [-0.25, -0.2) is 4.98 Å². The van der Waals surface area contributed by atoms with Gasteiger partial charge in [-0.2, -0.15) is 0 Å². The summed E-state index contributed by atoms with van der Waals surface area (Å²) in [6.07, 6.45) is 2.74. The topological polar surface area (TPSA) is 71.7 Å². The molecule has 2 N–H and O–H groups in total. The molecular formula is C12H20N4O2S. The van der Waals surface area contributed by atoms with Gasteiger partial charge >= 0.3 is 0 Å². The molecule has 1 fully saturated rings. The van der Waals surface area contributed by atoms with E-state index < -0.39 is 6.04 Å². The standard InChI is InChI=1S/C12H20N4O2S/c1-18-9-10(13)11(17)15-4-2-5-16(7-6-15)12-14-3-8-19-12/h3,8,10H,2,4-7,9,13H2,1H3. The monoisotopic (exact) mass is 284 g/mol. The molecule has 1 aliphatic heterocycles. The number of aromatic nitrogens is 1. The van der Waals surface area contributed by atoms with Gasteiger partial charge in [-0.05, 0) is 6.42 Å². The molecule has 106 valence electrons. The Balaban J connectivity index is 1.91. The smallest absolute Gasteiger partial charge is 0.241 e. The number of thiazole rings is 1. The van der Waals surface area contributed by atoms with Crippen molar-refractivity contribution in [3.05, 3.63) is 11.6 Å². The highest BCUT2D eigenvalue weighted by atomic mass is 32.1. The third-order valence-corrected chi connectivity index (χ3v) is 3.99. The van der Waals surface area contributed by atoms with Gasteiger partial charge in [-0.1, -0.05) is 0 Å². The summed E-state index contributed by atoms with van der Waals surface area (Å²) in [4.78, 5) is 20.5. The first kappa shape index (κ1) is 14.2. The lowest BCUT2D eigenvalue weighted by Crippen LogP contribution is -2.47. The van der Waals surface area contributed by atoms with E-state index in [0.717, 1.165) is 31.2 Å². The van der Waals surface area contributed by atoms with Crippen molar-refractivity contribution >= 4 is 22.4 Å². The van der Waals surface area contributed by atoms with Gasteiger partial charge in [0.05, 0.1) is 6.61 Å². The second-order valence-corrected chi connectivity index (χ2v) is 5.42. The van der Waals surface area contributed by atoms with E-state index in [9.17, 15) is 4.79 Å². The number of nitrogens with two attached hydrogens (primary N) is 1. The number of carbonyl (C=O) groups is 1. The van der Waals surface area contributed by atoms with E-state index in [-0.39, 0.29) is 12.5 Å². The van der Waals surface area contributed by atoms with Crippen molar-refractivity contribution < 1.29 is 9.53 Å². The van der Waals surface area contributed by atoms with E-state index in [2.05, 4.69) is 9.88 Å². The maximum atomic E-state index is 12.1. The van der Waals surface area contributed by atoms with Gasteiger partial charge < -0.3 is 20.3 Å². The number of nitrogens with zero attached hydrogens (tertiary/aromatic N) is 3. The summed E-state index contributed by atoms with van der Waals surface area (Å²) in [5, 5.41) is 2.99. The highest BCUT2D eigenvalue weighted by Crippen LogP contribution is 2.19. The van der Waals surface area contributed by atoms with Gasteiger partial charge in [0, 0.05) is 44.9 Å². The van der Waals surface area contributed by atoms with Crippen LogP contribution in [-0.2, 0) is 9.53 Å². The molecule has 1 aromatic rings. The predicted molar refractivity (Wildman–Crippen MR) is 75.4 cm³/mol. The van der Waals surface area contributed by atoms with Crippen molar-refractivity contribution in [2.24, 2.45) is 5.73 Å². The van der Waals surface area contributed by atoms with Gasteiger partial charge in [0.2, 0.25) is 5.91 Å². The maximum absolute atomic E-state index is 12.1. The van der Waals surface area contributed by atoms with Crippen molar-refractivity contribution in [2.45, 2.75) is 12.5 Å². The van der Waals surface area contributed by atoms with Gasteiger partial charge in [0.15, 0.2) is 5.13 Å². The third-order valence-electron chi connectivity index (χ3n) is 3.16. The Morgan fingerprint density at radius 3 is 3.05 bits per heavy atom. The summed E-state index contributed by atoms with van der Waals surface area (Å²) in [6.45, 7) is 3.44. The minimum absolute atomic E-state index is 0.0251. The third kappa shape index (κ3) is 3.65. The summed E-state index contributed by atoms with van der Waals surface area (Å²) in [6, 6.07) is -0.559. The Kier molecular flexibility index (Phi) is 5.12. The zero-order valence-corrected chi connectivity index (χ0v) is 11.9. The van der Waals surface area contributed by atoms with E-state index in [4.69, 9.17) is 10.5 Å². The molecule has 0 spiro atoms. The fourth-order valence-corrected chi connectivity index (χ4v) is 2.88. The van der Waals surface area contributed by atoms with Crippen LogP contribution in [0.1, 0.15) is 6.42 Å². The Bertz CT molecular complexity index is 398. The Labute approximate surface area is 117 Å². The van der Waals surface area contributed by atoms with Crippen LogP contribution in [0.3, 0.4) is 0 Å². The molecule has 19 heavy (non-hydrogen) atoms. The van der Waals surface area contributed by atoms with Crippen LogP contribution >= 0.6 is 11.3 Å². The van der Waals surface area contributed by atoms with Crippen LogP contribution in [0.5, 0.6) is 0 Å². The molecule has 0 radical (unpaired) electrons. The fourth-order valence-electron chi connectivity index (χ4n) is 2.19. The van der Waals surface area contributed by atoms with E-state index in [1.807, 2.05) is 16.5 Å². The highest BCUT2D eigenvalue weighted by Gasteiger charge is 2.24. The predicted octanol–water partition coefficient (Wildman–Crippen LogP) is 0.156. The van der Waals surface area contributed by atoms with E-state index in [0.29, 0.717) is 6.54 Å². The van der Waals surface area contributed by atoms with E-state index >= 15 is 0 Å². The minimum atomic E-state index is -0.559. The molecule has 1 aromatic heterocycles. The second kappa shape index (κ2) is 6.83. The summed E-state index contributed by atoms with van der Waals surface area (Å²) in [5.41, 5.74) is 5.80. The lowest BCUT2D eigenvalue weighted by molar-refractivity contribution is -0.133. The van der Waals surface area contributed by atoms with E-state index in [1.54, 1.807) is 18.4 Å². The summed E-state index contributed by atoms with van der Waals surface area (Å²) >= 11 is 1.63. The Hall–Kier alpha value is -1.18. The molecule has 1 unspecified atom stereocenters. The summed E-state index contributed by atoms with van der Waals surface area (Å²) in [7, 11) is 1.56. The second-order valence-electron chi connectivity index (χ2n) is 4.54. The Morgan fingerprint density at radius 2 is 2.37 bits per heavy atom. The van der Waals surface area contributed by atoms with Crippen LogP contribution in [0.25, 0.3) is 0 Å². The van der Waals surface area contributed by atoms with Crippen molar-refractivity contribution in [1.82, 2.24) is 9.88 Å². The van der Waals surface area contributed by atoms with Crippen molar-refractivity contribution in [3.8, 4) is 0 Å². The summed E-state index contributed by atoms with van der Waals surface area (Å²) in [5.74, 6) is -0.0251. The molecule has 0 aliphatic carbocycles. The average Bonchev–Trinajstić information content (AvgIpc) is 2.83. The van der Waals surface area contributed by atoms with Crippen LogP contribution < -0.4 is 10.6 Å². The molecular weight excluding hydrogens is 264 g/mol. The zero-order valence-electron chi connectivity index (χ0n) is 11.1. The van der Waals surface area contributed by atoms with Gasteiger partial charge in [-0.15, -0.1) is 11.3 Å². The van der Waals surface area contributed by atoms with Gasteiger partial charge in [-0.3, -0.25) is 4.79 Å². The van der Waals surface area contributed by atoms with Crippen LogP contribution in [0.15, 0.2) is 11.6 Å². The number of hydrogen-bond donors (Lipinski definition) is 1. The molecule has 2 rings (SSSR count). The molecule has 0 aromatic carbocycles. The number of ether oxygens (including phenoxy) is 1. The van der Waals surface area contributed by atoms with Gasteiger partial charge in [0.1, 0.15) is 6.04 Å². The zero-order chi connectivity index (χ0) is 13.7. The molecule has 7 heteroatoms. The Morgan fingerprint density at radius 1 is 1.53 bits per heavy atom. The van der Waals surface area contributed by atoms with Crippen molar-refractivity contribution in [2.75, 3.05) is 44.8 Å². The van der Waals surface area contributed by atoms with Crippen LogP contribution in [-0.4, -0.2) is 61.7 Å². The van der Waals surface area contributed by atoms with E-state index in [1.165, 1.54) is 0 Å². The molecule has 1 amide bonds. The first-order valence-corrected chi connectivity index (χ1v) is 7.28. The number of methoxy groups -OCH3 is 1. The number of amides is 1. The largest absolute Gasteiger partial charge is 0.383 e. The van der Waals surface area contributed by atoms with Crippen LogP contribution in [0.2, 0.25) is 0 Å². The van der Waals surface area contributed by atoms with Crippen LogP contribution in [0, 0.1) is 0 Å². The molecule has 6 nitrogen and oxygen atoms in total. The quantitative estimate of drug-likeness (QED) is 0.852. The highest BCUT2D eigenvalue weighted by molar-refractivity contribution is 7.13. The van der Waals surface area contributed by atoms with Gasteiger partial charge in [0.25, 0.3) is 0 Å². The fraction of sp³-hybridized carbons (Fsp3) is 0.667.